The zero-order chi connectivity index (χ0) is 37.2. The normalized spacial score (nSPS) is 12.3. The van der Waals surface area contributed by atoms with Gasteiger partial charge in [-0.05, 0) is 96.6 Å². The van der Waals surface area contributed by atoms with E-state index in [1.54, 1.807) is 0 Å². The molecular formula is C52H45NO. The lowest BCUT2D eigenvalue weighted by Gasteiger charge is -2.29. The first-order chi connectivity index (χ1) is 26.0. The summed E-state index contributed by atoms with van der Waals surface area (Å²) < 4.78 is 6.46. The Kier molecular flexibility index (Phi) is 7.97. The molecular weight excluding hydrogens is 655 g/mol. The highest BCUT2D eigenvalue weighted by Crippen LogP contribution is 2.48. The van der Waals surface area contributed by atoms with Crippen molar-refractivity contribution in [3.8, 4) is 22.3 Å². The van der Waals surface area contributed by atoms with Crippen molar-refractivity contribution in [2.75, 3.05) is 4.90 Å². The maximum Gasteiger partial charge on any atom is 0.137 e. The molecule has 1 aromatic heterocycles. The molecule has 0 radical (unpaired) electrons. The summed E-state index contributed by atoms with van der Waals surface area (Å²) in [5.41, 5.74) is 12.6. The minimum absolute atomic E-state index is 0.00859. The predicted molar refractivity (Wildman–Crippen MR) is 232 cm³/mol. The molecule has 9 rings (SSSR count). The number of hydrogen-bond acceptors (Lipinski definition) is 2. The van der Waals surface area contributed by atoms with Gasteiger partial charge in [-0.2, -0.15) is 0 Å². The van der Waals surface area contributed by atoms with Gasteiger partial charge in [-0.25, -0.2) is 0 Å². The fourth-order valence-corrected chi connectivity index (χ4v) is 8.02. The highest BCUT2D eigenvalue weighted by Gasteiger charge is 2.25. The Morgan fingerprint density at radius 1 is 0.407 bits per heavy atom. The Labute approximate surface area is 318 Å². The van der Waals surface area contributed by atoms with Gasteiger partial charge >= 0.3 is 0 Å². The number of anilines is 3. The summed E-state index contributed by atoms with van der Waals surface area (Å²) >= 11 is 0. The largest absolute Gasteiger partial charge is 0.456 e. The second-order valence-electron chi connectivity index (χ2n) is 16.6. The molecule has 0 aliphatic carbocycles. The Morgan fingerprint density at radius 3 is 1.74 bits per heavy atom. The third kappa shape index (κ3) is 5.83. The number of furan rings is 1. The molecule has 8 aromatic carbocycles. The minimum atomic E-state index is 0.00859. The van der Waals surface area contributed by atoms with Crippen LogP contribution in [-0.2, 0) is 10.8 Å². The first-order valence-corrected chi connectivity index (χ1v) is 19.0. The van der Waals surface area contributed by atoms with Gasteiger partial charge in [-0.3, -0.25) is 0 Å². The second-order valence-corrected chi connectivity index (χ2v) is 16.6. The van der Waals surface area contributed by atoms with Gasteiger partial charge in [0.05, 0.1) is 16.8 Å². The Morgan fingerprint density at radius 2 is 0.981 bits per heavy atom. The smallest absolute Gasteiger partial charge is 0.137 e. The lowest BCUT2D eigenvalue weighted by atomic mass is 9.78. The highest BCUT2D eigenvalue weighted by atomic mass is 16.3. The number of fused-ring (bicyclic) bond motifs is 5. The zero-order valence-corrected chi connectivity index (χ0v) is 31.9. The Hall–Kier alpha value is -6.12. The van der Waals surface area contributed by atoms with Crippen LogP contribution in [0.25, 0.3) is 65.7 Å². The molecule has 0 aliphatic rings. The molecule has 2 heteroatoms. The highest BCUT2D eigenvalue weighted by molar-refractivity contribution is 6.15. The van der Waals surface area contributed by atoms with E-state index in [1.165, 1.54) is 49.4 Å². The van der Waals surface area contributed by atoms with E-state index in [9.17, 15) is 0 Å². The fourth-order valence-electron chi connectivity index (χ4n) is 8.02. The van der Waals surface area contributed by atoms with Gasteiger partial charge in [0.25, 0.3) is 0 Å². The van der Waals surface area contributed by atoms with Crippen LogP contribution < -0.4 is 4.90 Å². The summed E-state index contributed by atoms with van der Waals surface area (Å²) in [7, 11) is 0. The molecule has 0 N–H and O–H groups in total. The molecule has 0 aliphatic heterocycles. The molecule has 9 aromatic rings. The van der Waals surface area contributed by atoms with Crippen molar-refractivity contribution < 1.29 is 4.42 Å². The number of rotatable bonds is 5. The van der Waals surface area contributed by atoms with Crippen LogP contribution in [0.2, 0.25) is 0 Å². The van der Waals surface area contributed by atoms with Crippen LogP contribution in [0.1, 0.15) is 52.7 Å². The second kappa shape index (κ2) is 12.8. The Bertz CT molecular complexity index is 2820. The lowest BCUT2D eigenvalue weighted by Crippen LogP contribution is -2.16. The maximum atomic E-state index is 6.46. The van der Waals surface area contributed by atoms with Crippen LogP contribution in [0.5, 0.6) is 0 Å². The molecule has 264 valence electrons. The first kappa shape index (κ1) is 33.7. The van der Waals surface area contributed by atoms with Crippen LogP contribution >= 0.6 is 0 Å². The fraction of sp³-hybridized carbons (Fsp3) is 0.154. The van der Waals surface area contributed by atoms with E-state index in [2.05, 4.69) is 204 Å². The summed E-state index contributed by atoms with van der Waals surface area (Å²) in [6.07, 6.45) is 0. The molecule has 0 saturated carbocycles. The van der Waals surface area contributed by atoms with Crippen molar-refractivity contribution in [3.05, 3.63) is 175 Å². The number of nitrogens with zero attached hydrogens (tertiary/aromatic N) is 1. The van der Waals surface area contributed by atoms with Gasteiger partial charge in [0, 0.05) is 16.6 Å². The molecule has 0 atom stereocenters. The third-order valence-electron chi connectivity index (χ3n) is 10.9. The van der Waals surface area contributed by atoms with Gasteiger partial charge in [-0.15, -0.1) is 0 Å². The number of para-hydroxylation sites is 2. The van der Waals surface area contributed by atoms with E-state index in [4.69, 9.17) is 4.42 Å². The monoisotopic (exact) mass is 699 g/mol. The van der Waals surface area contributed by atoms with Gasteiger partial charge in [0.1, 0.15) is 11.2 Å². The van der Waals surface area contributed by atoms with E-state index < -0.39 is 0 Å². The first-order valence-electron chi connectivity index (χ1n) is 19.0. The minimum Gasteiger partial charge on any atom is -0.456 e. The average Bonchev–Trinajstić information content (AvgIpc) is 3.56. The quantitative estimate of drug-likeness (QED) is 0.178. The number of benzene rings is 8. The SMILES string of the molecule is CC(C)(C)c1cc(-c2cccc3cccc(-c4ccccc4N(c4ccc5ccccc5c4)c4cccc5oc6ccccc6c45)c23)cc(C(C)(C)C)c1. The standard InChI is InChI=1S/C52H45NO/c1-51(2,3)38-30-37(31-39(33-38)52(4,5)6)41-22-13-18-35-19-14-23-43(49(35)41)42-20-9-11-24-45(42)53(40-29-28-34-16-7-8-17-36(34)32-40)46-25-15-27-48-50(46)44-21-10-12-26-47(44)54-48/h7-33H,1-6H3. The molecule has 54 heavy (non-hydrogen) atoms. The summed E-state index contributed by atoms with van der Waals surface area (Å²) in [6.45, 7) is 13.9. The molecule has 0 unspecified atom stereocenters. The van der Waals surface area contributed by atoms with Crippen molar-refractivity contribution >= 4 is 60.5 Å². The van der Waals surface area contributed by atoms with Crippen LogP contribution in [0.3, 0.4) is 0 Å². The molecule has 0 spiro atoms. The van der Waals surface area contributed by atoms with Gasteiger partial charge in [0.2, 0.25) is 0 Å². The van der Waals surface area contributed by atoms with Crippen molar-refractivity contribution in [2.24, 2.45) is 0 Å². The summed E-state index contributed by atoms with van der Waals surface area (Å²) in [4.78, 5) is 2.44. The average molecular weight is 700 g/mol. The third-order valence-corrected chi connectivity index (χ3v) is 10.9. The van der Waals surface area contributed by atoms with Crippen LogP contribution in [0, 0.1) is 0 Å². The molecule has 0 bridgehead atoms. The zero-order valence-electron chi connectivity index (χ0n) is 31.9. The Balaban J connectivity index is 1.34. The molecule has 2 nitrogen and oxygen atoms in total. The van der Waals surface area contributed by atoms with E-state index in [0.717, 1.165) is 44.6 Å². The molecule has 0 fully saturated rings. The van der Waals surface area contributed by atoms with Crippen molar-refractivity contribution in [1.29, 1.82) is 0 Å². The van der Waals surface area contributed by atoms with Crippen LogP contribution in [0.15, 0.2) is 168 Å². The van der Waals surface area contributed by atoms with Gasteiger partial charge in [0.15, 0.2) is 0 Å². The molecule has 0 amide bonds. The van der Waals surface area contributed by atoms with Crippen molar-refractivity contribution in [2.45, 2.75) is 52.4 Å². The van der Waals surface area contributed by atoms with Crippen LogP contribution in [0.4, 0.5) is 17.1 Å². The van der Waals surface area contributed by atoms with E-state index in [1.807, 2.05) is 6.07 Å². The van der Waals surface area contributed by atoms with E-state index in [-0.39, 0.29) is 10.8 Å². The topological polar surface area (TPSA) is 16.4 Å². The van der Waals surface area contributed by atoms with Gasteiger partial charge in [-0.1, -0.05) is 169 Å². The predicted octanol–water partition coefficient (Wildman–Crippen LogP) is 15.3. The van der Waals surface area contributed by atoms with E-state index in [0.29, 0.717) is 0 Å². The molecule has 1 heterocycles. The summed E-state index contributed by atoms with van der Waals surface area (Å²) in [6, 6.07) is 59.9. The lowest BCUT2D eigenvalue weighted by molar-refractivity contribution is 0.569. The van der Waals surface area contributed by atoms with Crippen molar-refractivity contribution in [3.63, 3.8) is 0 Å². The van der Waals surface area contributed by atoms with Crippen LogP contribution in [-0.4, -0.2) is 0 Å². The van der Waals surface area contributed by atoms with Crippen molar-refractivity contribution in [1.82, 2.24) is 0 Å². The summed E-state index contributed by atoms with van der Waals surface area (Å²) in [5, 5.41) is 7.09. The summed E-state index contributed by atoms with van der Waals surface area (Å²) in [5.74, 6) is 0. The maximum absolute atomic E-state index is 6.46. The van der Waals surface area contributed by atoms with Gasteiger partial charge < -0.3 is 9.32 Å². The number of hydrogen-bond donors (Lipinski definition) is 0. The molecule has 0 saturated heterocycles. The van der Waals surface area contributed by atoms with E-state index >= 15 is 0 Å².